The van der Waals surface area contributed by atoms with Gasteiger partial charge in [-0.1, -0.05) is 0 Å². The lowest BCUT2D eigenvalue weighted by molar-refractivity contribution is 0.0594. The van der Waals surface area contributed by atoms with E-state index in [1.54, 1.807) is 12.1 Å². The van der Waals surface area contributed by atoms with E-state index >= 15 is 0 Å². The number of carbonyl (C=O) groups excluding carboxylic acids is 1. The van der Waals surface area contributed by atoms with Crippen LogP contribution < -0.4 is 0 Å². The maximum Gasteiger partial charge on any atom is 0.341 e. The van der Waals surface area contributed by atoms with Crippen LogP contribution in [-0.2, 0) is 4.74 Å². The van der Waals surface area contributed by atoms with Crippen molar-refractivity contribution in [1.82, 2.24) is 0 Å². The highest BCUT2D eigenvalue weighted by Gasteiger charge is 2.18. The summed E-state index contributed by atoms with van der Waals surface area (Å²) in [5.74, 6) is -1.15. The summed E-state index contributed by atoms with van der Waals surface area (Å²) < 4.78 is 18.8. The molecule has 0 N–H and O–H groups in total. The number of benzene rings is 1. The number of hydrogen-bond donors (Lipinski definition) is 0. The van der Waals surface area contributed by atoms with Gasteiger partial charge in [0, 0.05) is 7.14 Å². The minimum atomic E-state index is -0.639. The monoisotopic (exact) mass is 406 g/mol. The number of esters is 1. The normalized spacial score (nSPS) is 9.85. The standard InChI is InChI=1S/C8H5FI2O2/c1-13-8(12)6-4(10)2-3-5(11)7(6)9/h2-3H,1H3. The quantitative estimate of drug-likeness (QED) is 0.408. The maximum atomic E-state index is 13.4. The molecule has 0 fully saturated rings. The summed E-state index contributed by atoms with van der Waals surface area (Å²) in [5.41, 5.74) is 0.00926. The molecule has 0 aliphatic carbocycles. The van der Waals surface area contributed by atoms with Crippen LogP contribution in [-0.4, -0.2) is 13.1 Å². The zero-order chi connectivity index (χ0) is 10.0. The second-order valence-electron chi connectivity index (χ2n) is 2.21. The summed E-state index contributed by atoms with van der Waals surface area (Å²) in [6.07, 6.45) is 0. The van der Waals surface area contributed by atoms with Crippen LogP contribution in [0.15, 0.2) is 12.1 Å². The van der Waals surface area contributed by atoms with Gasteiger partial charge in [0.1, 0.15) is 5.56 Å². The number of methoxy groups -OCH3 is 1. The van der Waals surface area contributed by atoms with Gasteiger partial charge >= 0.3 is 5.97 Å². The first-order chi connectivity index (χ1) is 6.07. The lowest BCUT2D eigenvalue weighted by Gasteiger charge is -2.04. The summed E-state index contributed by atoms with van der Waals surface area (Å²) in [4.78, 5) is 11.1. The third kappa shape index (κ3) is 2.30. The highest BCUT2D eigenvalue weighted by atomic mass is 127. The lowest BCUT2D eigenvalue weighted by Crippen LogP contribution is -2.08. The Bertz CT molecular complexity index is 352. The van der Waals surface area contributed by atoms with Crippen LogP contribution in [0, 0.1) is 13.0 Å². The van der Waals surface area contributed by atoms with Gasteiger partial charge in [0.2, 0.25) is 0 Å². The molecule has 0 amide bonds. The minimum Gasteiger partial charge on any atom is -0.465 e. The molecular weight excluding hydrogens is 401 g/mol. The van der Waals surface area contributed by atoms with Crippen molar-refractivity contribution in [2.45, 2.75) is 0 Å². The number of rotatable bonds is 1. The molecular formula is C8H5FI2O2. The van der Waals surface area contributed by atoms with Gasteiger partial charge in [-0.3, -0.25) is 0 Å². The molecule has 0 bridgehead atoms. The minimum absolute atomic E-state index is 0.00926. The first-order valence-corrected chi connectivity index (χ1v) is 5.45. The summed E-state index contributed by atoms with van der Waals surface area (Å²) in [6, 6.07) is 3.29. The Kier molecular flexibility index (Phi) is 3.89. The van der Waals surface area contributed by atoms with E-state index in [9.17, 15) is 9.18 Å². The van der Waals surface area contributed by atoms with Gasteiger partial charge < -0.3 is 4.74 Å². The van der Waals surface area contributed by atoms with E-state index in [2.05, 4.69) is 4.74 Å². The second-order valence-corrected chi connectivity index (χ2v) is 4.53. The largest absolute Gasteiger partial charge is 0.465 e. The summed E-state index contributed by atoms with van der Waals surface area (Å²) in [7, 11) is 1.23. The van der Waals surface area contributed by atoms with E-state index < -0.39 is 11.8 Å². The molecule has 1 rings (SSSR count). The summed E-state index contributed by atoms with van der Waals surface area (Å²) in [5, 5.41) is 0. The number of carbonyl (C=O) groups is 1. The second kappa shape index (κ2) is 4.54. The number of halogens is 3. The van der Waals surface area contributed by atoms with E-state index in [1.165, 1.54) is 7.11 Å². The van der Waals surface area contributed by atoms with Crippen molar-refractivity contribution in [1.29, 1.82) is 0 Å². The van der Waals surface area contributed by atoms with Crippen LogP contribution in [0.1, 0.15) is 10.4 Å². The van der Waals surface area contributed by atoms with Crippen molar-refractivity contribution in [2.24, 2.45) is 0 Å². The number of hydrogen-bond acceptors (Lipinski definition) is 2. The molecule has 0 aliphatic rings. The van der Waals surface area contributed by atoms with Crippen molar-refractivity contribution < 1.29 is 13.9 Å². The molecule has 0 atom stereocenters. The highest BCUT2D eigenvalue weighted by Crippen LogP contribution is 2.21. The van der Waals surface area contributed by atoms with E-state index in [0.717, 1.165) is 0 Å². The highest BCUT2D eigenvalue weighted by molar-refractivity contribution is 14.1. The van der Waals surface area contributed by atoms with Gasteiger partial charge in [0.05, 0.1) is 7.11 Å². The van der Waals surface area contributed by atoms with Crippen molar-refractivity contribution in [3.63, 3.8) is 0 Å². The first-order valence-electron chi connectivity index (χ1n) is 3.29. The zero-order valence-corrected chi connectivity index (χ0v) is 10.9. The van der Waals surface area contributed by atoms with Crippen LogP contribution in [0.25, 0.3) is 0 Å². The van der Waals surface area contributed by atoms with Crippen molar-refractivity contribution in [3.05, 3.63) is 30.7 Å². The maximum absolute atomic E-state index is 13.4. The van der Waals surface area contributed by atoms with Crippen LogP contribution in [0.2, 0.25) is 0 Å². The molecule has 13 heavy (non-hydrogen) atoms. The van der Waals surface area contributed by atoms with Crippen LogP contribution in [0.3, 0.4) is 0 Å². The summed E-state index contributed by atoms with van der Waals surface area (Å²) in [6.45, 7) is 0. The summed E-state index contributed by atoms with van der Waals surface area (Å²) >= 11 is 3.73. The molecule has 1 aromatic carbocycles. The van der Waals surface area contributed by atoms with Gasteiger partial charge in [-0.05, 0) is 57.3 Å². The predicted octanol–water partition coefficient (Wildman–Crippen LogP) is 2.82. The predicted molar refractivity (Wildman–Crippen MR) is 63.2 cm³/mol. The fourth-order valence-electron chi connectivity index (χ4n) is 0.816. The van der Waals surface area contributed by atoms with Crippen molar-refractivity contribution in [3.8, 4) is 0 Å². The van der Waals surface area contributed by atoms with Gasteiger partial charge in [-0.2, -0.15) is 0 Å². The van der Waals surface area contributed by atoms with E-state index in [-0.39, 0.29) is 5.56 Å². The Labute approximate surface area is 102 Å². The van der Waals surface area contributed by atoms with Gasteiger partial charge in [-0.25, -0.2) is 9.18 Å². The van der Waals surface area contributed by atoms with Gasteiger partial charge in [0.15, 0.2) is 5.82 Å². The van der Waals surface area contributed by atoms with Crippen molar-refractivity contribution >= 4 is 51.2 Å². The average Bonchev–Trinajstić information content (AvgIpc) is 2.12. The van der Waals surface area contributed by atoms with E-state index in [4.69, 9.17) is 0 Å². The van der Waals surface area contributed by atoms with E-state index in [1.807, 2.05) is 45.2 Å². The molecule has 0 unspecified atom stereocenters. The Morgan fingerprint density at radius 3 is 2.46 bits per heavy atom. The average molecular weight is 406 g/mol. The third-order valence-electron chi connectivity index (χ3n) is 1.43. The molecule has 0 spiro atoms. The smallest absolute Gasteiger partial charge is 0.341 e. The third-order valence-corrected chi connectivity index (χ3v) is 3.17. The molecule has 70 valence electrons. The van der Waals surface area contributed by atoms with Gasteiger partial charge in [0.25, 0.3) is 0 Å². The van der Waals surface area contributed by atoms with E-state index in [0.29, 0.717) is 7.14 Å². The SMILES string of the molecule is COC(=O)c1c(I)ccc(I)c1F. The number of ether oxygens (including phenoxy) is 1. The first kappa shape index (κ1) is 11.2. The fourth-order valence-corrected chi connectivity index (χ4v) is 1.90. The van der Waals surface area contributed by atoms with Crippen LogP contribution >= 0.6 is 45.2 Å². The molecule has 0 aromatic heterocycles. The van der Waals surface area contributed by atoms with Gasteiger partial charge in [-0.15, -0.1) is 0 Å². The molecule has 0 saturated carbocycles. The molecule has 0 saturated heterocycles. The Morgan fingerprint density at radius 2 is 1.92 bits per heavy atom. The molecule has 0 heterocycles. The van der Waals surface area contributed by atoms with Crippen molar-refractivity contribution in [2.75, 3.05) is 7.11 Å². The van der Waals surface area contributed by atoms with Crippen LogP contribution in [0.4, 0.5) is 4.39 Å². The Balaban J connectivity index is 3.33. The molecule has 0 radical (unpaired) electrons. The Hall–Kier alpha value is 0.0800. The topological polar surface area (TPSA) is 26.3 Å². The molecule has 0 aliphatic heterocycles. The fraction of sp³-hybridized carbons (Fsp3) is 0.125. The lowest BCUT2D eigenvalue weighted by atomic mass is 10.2. The Morgan fingerprint density at radius 1 is 1.38 bits per heavy atom. The van der Waals surface area contributed by atoms with Crippen LogP contribution in [0.5, 0.6) is 0 Å². The molecule has 5 heteroatoms. The zero-order valence-electron chi connectivity index (χ0n) is 6.61. The molecule has 2 nitrogen and oxygen atoms in total. The molecule has 1 aromatic rings.